The molecule has 2 aliphatic rings. The quantitative estimate of drug-likeness (QED) is 0.561. The van der Waals surface area contributed by atoms with Crippen LogP contribution in [-0.2, 0) is 19.9 Å². The zero-order valence-electron chi connectivity index (χ0n) is 16.9. The molecule has 0 bridgehead atoms. The van der Waals surface area contributed by atoms with Crippen LogP contribution in [0.4, 0.5) is 0 Å². The van der Waals surface area contributed by atoms with Crippen molar-refractivity contribution < 1.29 is 27.0 Å². The van der Waals surface area contributed by atoms with Crippen molar-refractivity contribution in [2.24, 2.45) is 4.99 Å². The third-order valence-corrected chi connectivity index (χ3v) is 5.36. The largest absolute Gasteiger partial charge is 0.394 e. The van der Waals surface area contributed by atoms with E-state index in [4.69, 9.17) is 32.0 Å². The first-order chi connectivity index (χ1) is 14.3. The second-order valence-electron chi connectivity index (χ2n) is 7.07. The topological polar surface area (TPSA) is 109 Å². The van der Waals surface area contributed by atoms with Crippen molar-refractivity contribution in [2.45, 2.75) is 30.7 Å². The number of hydrogen-bond donors (Lipinski definition) is 2. The Labute approximate surface area is 176 Å². The number of amidine groups is 1. The third-order valence-electron chi connectivity index (χ3n) is 5.36. The van der Waals surface area contributed by atoms with E-state index in [2.05, 4.69) is 59.5 Å². The number of methoxy groups -OCH3 is 2. The van der Waals surface area contributed by atoms with Gasteiger partial charge in [0, 0.05) is 27.2 Å². The second-order valence-corrected chi connectivity index (χ2v) is 7.97. The normalized spacial score (nSPS) is 22.5. The fourth-order valence-electron chi connectivity index (χ4n) is 4.12. The first-order valence-electron chi connectivity index (χ1n) is 9.54. The van der Waals surface area contributed by atoms with Gasteiger partial charge in [-0.05, 0) is 17.5 Å². The lowest BCUT2D eigenvalue weighted by Gasteiger charge is -2.42. The average molecular weight is 435 g/mol. The fraction of sp³-hybridized carbons (Fsp3) is 0.381. The molecule has 2 aromatic carbocycles. The zero-order valence-corrected chi connectivity index (χ0v) is 17.7. The van der Waals surface area contributed by atoms with Crippen LogP contribution in [-0.4, -0.2) is 54.8 Å². The summed E-state index contributed by atoms with van der Waals surface area (Å²) in [4.78, 5) is 7.50. The first kappa shape index (κ1) is 22.4. The molecular formula is C21H26N2O6S. The molecule has 9 heteroatoms. The SMILES string of the molecule is COC1(OC)CCCN2C1=NC(c1ccccc1)C2c1ccccc1.O=S(=O)(O)O. The molecule has 0 aromatic heterocycles. The van der Waals surface area contributed by atoms with Gasteiger partial charge >= 0.3 is 10.4 Å². The Morgan fingerprint density at radius 1 is 0.967 bits per heavy atom. The summed E-state index contributed by atoms with van der Waals surface area (Å²) in [5.74, 6) is 0.181. The van der Waals surface area contributed by atoms with Crippen molar-refractivity contribution in [3.05, 3.63) is 71.8 Å². The lowest BCUT2D eigenvalue weighted by molar-refractivity contribution is -0.171. The van der Waals surface area contributed by atoms with E-state index in [0.717, 1.165) is 25.2 Å². The van der Waals surface area contributed by atoms with E-state index in [1.165, 1.54) is 11.1 Å². The summed E-state index contributed by atoms with van der Waals surface area (Å²) in [6.07, 6.45) is 1.85. The van der Waals surface area contributed by atoms with Crippen LogP contribution in [0.3, 0.4) is 0 Å². The Hall–Kier alpha value is -2.30. The number of rotatable bonds is 4. The number of piperidine rings is 1. The van der Waals surface area contributed by atoms with Crippen LogP contribution in [0.1, 0.15) is 36.1 Å². The maximum absolute atomic E-state index is 8.74. The number of fused-ring (bicyclic) bond motifs is 1. The van der Waals surface area contributed by atoms with Gasteiger partial charge in [0.1, 0.15) is 6.04 Å². The molecule has 0 spiro atoms. The predicted octanol–water partition coefficient (Wildman–Crippen LogP) is 3.31. The van der Waals surface area contributed by atoms with Crippen LogP contribution in [0.25, 0.3) is 0 Å². The number of nitrogens with zero attached hydrogens (tertiary/aromatic N) is 2. The lowest BCUT2D eigenvalue weighted by Crippen LogP contribution is -2.54. The van der Waals surface area contributed by atoms with E-state index in [1.54, 1.807) is 14.2 Å². The van der Waals surface area contributed by atoms with Crippen LogP contribution >= 0.6 is 0 Å². The summed E-state index contributed by atoms with van der Waals surface area (Å²) in [6.45, 7) is 0.968. The Balaban J connectivity index is 0.000000461. The summed E-state index contributed by atoms with van der Waals surface area (Å²) < 4.78 is 43.2. The van der Waals surface area contributed by atoms with Crippen molar-refractivity contribution in [1.82, 2.24) is 4.90 Å². The highest BCUT2D eigenvalue weighted by molar-refractivity contribution is 7.79. The molecule has 8 nitrogen and oxygen atoms in total. The van der Waals surface area contributed by atoms with Gasteiger partial charge in [-0.15, -0.1) is 0 Å². The Morgan fingerprint density at radius 3 is 1.97 bits per heavy atom. The van der Waals surface area contributed by atoms with Crippen molar-refractivity contribution in [3.63, 3.8) is 0 Å². The highest BCUT2D eigenvalue weighted by Crippen LogP contribution is 2.47. The molecular weight excluding hydrogens is 408 g/mol. The number of ether oxygens (including phenoxy) is 2. The Morgan fingerprint density at radius 2 is 1.47 bits per heavy atom. The molecule has 2 heterocycles. The van der Waals surface area contributed by atoms with Gasteiger partial charge in [0.05, 0.1) is 6.04 Å². The summed E-state index contributed by atoms with van der Waals surface area (Å²) in [6, 6.07) is 21.4. The van der Waals surface area contributed by atoms with Crippen LogP contribution in [0, 0.1) is 0 Å². The minimum absolute atomic E-state index is 0.0429. The van der Waals surface area contributed by atoms with Gasteiger partial charge in [-0.25, -0.2) is 0 Å². The smallest absolute Gasteiger partial charge is 0.347 e. The second kappa shape index (κ2) is 9.23. The standard InChI is InChI=1S/C21H24N2O2.H2O4S/c1-24-21(25-2)14-9-15-23-19(17-12-7-4-8-13-17)18(22-20(21)23)16-10-5-3-6-11-16;1-5(2,3)4/h3-8,10-13,18-19H,9,14-15H2,1-2H3;(H2,1,2,3,4). The molecule has 0 aliphatic carbocycles. The van der Waals surface area contributed by atoms with E-state index in [0.29, 0.717) is 0 Å². The average Bonchev–Trinajstić information content (AvgIpc) is 3.14. The van der Waals surface area contributed by atoms with Gasteiger partial charge in [-0.2, -0.15) is 8.42 Å². The van der Waals surface area contributed by atoms with Crippen LogP contribution in [0.15, 0.2) is 65.7 Å². The molecule has 2 unspecified atom stereocenters. The molecule has 2 atom stereocenters. The summed E-state index contributed by atoms with van der Waals surface area (Å²) >= 11 is 0. The monoisotopic (exact) mass is 434 g/mol. The molecule has 1 saturated heterocycles. The van der Waals surface area contributed by atoms with Gasteiger partial charge < -0.3 is 14.4 Å². The maximum atomic E-state index is 8.74. The third kappa shape index (κ3) is 4.88. The molecule has 2 aromatic rings. The zero-order chi connectivity index (χ0) is 21.8. The van der Waals surface area contributed by atoms with E-state index >= 15 is 0 Å². The Kier molecular flexibility index (Phi) is 6.89. The number of aliphatic imine (C=N–C) groups is 1. The minimum atomic E-state index is -4.67. The van der Waals surface area contributed by atoms with Crippen LogP contribution in [0.2, 0.25) is 0 Å². The van der Waals surface area contributed by atoms with Gasteiger partial charge in [-0.3, -0.25) is 14.1 Å². The molecule has 0 saturated carbocycles. The molecule has 30 heavy (non-hydrogen) atoms. The number of benzene rings is 2. The molecule has 0 amide bonds. The van der Waals surface area contributed by atoms with E-state index in [1.807, 2.05) is 6.07 Å². The van der Waals surface area contributed by atoms with Crippen molar-refractivity contribution >= 4 is 16.2 Å². The van der Waals surface area contributed by atoms with Crippen LogP contribution < -0.4 is 0 Å². The molecule has 4 rings (SSSR count). The van der Waals surface area contributed by atoms with Gasteiger partial charge in [0.2, 0.25) is 5.79 Å². The molecule has 1 fully saturated rings. The molecule has 2 N–H and O–H groups in total. The predicted molar refractivity (Wildman–Crippen MR) is 113 cm³/mol. The van der Waals surface area contributed by atoms with Crippen LogP contribution in [0.5, 0.6) is 0 Å². The lowest BCUT2D eigenvalue weighted by atomic mass is 9.92. The Bertz CT molecular complexity index is 954. The van der Waals surface area contributed by atoms with Crippen molar-refractivity contribution in [1.29, 1.82) is 0 Å². The first-order valence-corrected chi connectivity index (χ1v) is 10.9. The van der Waals surface area contributed by atoms with Gasteiger partial charge in [-0.1, -0.05) is 60.7 Å². The summed E-state index contributed by atoms with van der Waals surface area (Å²) in [7, 11) is -1.24. The maximum Gasteiger partial charge on any atom is 0.394 e. The van der Waals surface area contributed by atoms with Gasteiger partial charge in [0.25, 0.3) is 0 Å². The van der Waals surface area contributed by atoms with E-state index in [9.17, 15) is 0 Å². The summed E-state index contributed by atoms with van der Waals surface area (Å²) in [5, 5.41) is 0. The van der Waals surface area contributed by atoms with E-state index in [-0.39, 0.29) is 12.1 Å². The number of hydrogen-bond acceptors (Lipinski definition) is 6. The van der Waals surface area contributed by atoms with E-state index < -0.39 is 16.2 Å². The highest BCUT2D eigenvalue weighted by atomic mass is 32.3. The van der Waals surface area contributed by atoms with Crippen molar-refractivity contribution in [2.75, 3.05) is 20.8 Å². The summed E-state index contributed by atoms with van der Waals surface area (Å²) in [5.41, 5.74) is 2.50. The minimum Gasteiger partial charge on any atom is -0.347 e. The molecule has 2 aliphatic heterocycles. The molecule has 162 valence electrons. The molecule has 0 radical (unpaired) electrons. The fourth-order valence-corrected chi connectivity index (χ4v) is 4.12. The van der Waals surface area contributed by atoms with Gasteiger partial charge in [0.15, 0.2) is 5.84 Å². The highest BCUT2D eigenvalue weighted by Gasteiger charge is 2.50. The van der Waals surface area contributed by atoms with Crippen molar-refractivity contribution in [3.8, 4) is 0 Å².